The lowest BCUT2D eigenvalue weighted by molar-refractivity contribution is -0.124. The fourth-order valence-electron chi connectivity index (χ4n) is 2.32. The van der Waals surface area contributed by atoms with E-state index in [2.05, 4.69) is 0 Å². The van der Waals surface area contributed by atoms with Gasteiger partial charge in [0.25, 0.3) is 0 Å². The van der Waals surface area contributed by atoms with E-state index >= 15 is 0 Å². The standard InChI is InChI=1S/C11H10ClF4N/c12-8-7(13)2-1-6(9(8)14)10(5-17)3-11(15,16)4-10/h1-2H,3-5,17H2. The van der Waals surface area contributed by atoms with Crippen molar-refractivity contribution in [2.45, 2.75) is 24.2 Å². The van der Waals surface area contributed by atoms with E-state index in [0.717, 1.165) is 12.1 Å². The lowest BCUT2D eigenvalue weighted by atomic mass is 9.62. The maximum Gasteiger partial charge on any atom is 0.250 e. The molecule has 0 atom stereocenters. The van der Waals surface area contributed by atoms with Gasteiger partial charge in [-0.3, -0.25) is 0 Å². The molecule has 0 unspecified atom stereocenters. The van der Waals surface area contributed by atoms with E-state index in [4.69, 9.17) is 17.3 Å². The molecule has 17 heavy (non-hydrogen) atoms. The van der Waals surface area contributed by atoms with Gasteiger partial charge in [0, 0.05) is 24.8 Å². The summed E-state index contributed by atoms with van der Waals surface area (Å²) in [5.74, 6) is -4.74. The molecular weight excluding hydrogens is 258 g/mol. The normalized spacial score (nSPS) is 21.1. The summed E-state index contributed by atoms with van der Waals surface area (Å²) in [4.78, 5) is 0. The van der Waals surface area contributed by atoms with Gasteiger partial charge in [0.2, 0.25) is 5.92 Å². The molecule has 0 bridgehead atoms. The average Bonchev–Trinajstić information content (AvgIpc) is 2.22. The van der Waals surface area contributed by atoms with Crippen LogP contribution in [0.3, 0.4) is 0 Å². The summed E-state index contributed by atoms with van der Waals surface area (Å²) in [7, 11) is 0. The predicted octanol–water partition coefficient (Wildman–Crippen LogP) is 3.24. The van der Waals surface area contributed by atoms with Crippen molar-refractivity contribution in [3.05, 3.63) is 34.4 Å². The minimum absolute atomic E-state index is 0.0303. The van der Waals surface area contributed by atoms with Crippen LogP contribution in [0.4, 0.5) is 17.6 Å². The number of alkyl halides is 2. The summed E-state index contributed by atoms with van der Waals surface area (Å²) in [6.45, 7) is -0.124. The topological polar surface area (TPSA) is 26.0 Å². The molecule has 1 aliphatic carbocycles. The molecule has 1 fully saturated rings. The summed E-state index contributed by atoms with van der Waals surface area (Å²) in [5, 5.41) is -0.675. The fraction of sp³-hybridized carbons (Fsp3) is 0.455. The third kappa shape index (κ3) is 1.91. The van der Waals surface area contributed by atoms with E-state index in [0.29, 0.717) is 0 Å². The second kappa shape index (κ2) is 3.85. The lowest BCUT2D eigenvalue weighted by Gasteiger charge is -2.47. The first kappa shape index (κ1) is 12.6. The molecular formula is C11H10ClF4N. The van der Waals surface area contributed by atoms with Gasteiger partial charge < -0.3 is 5.73 Å². The van der Waals surface area contributed by atoms with Crippen LogP contribution in [-0.2, 0) is 5.41 Å². The summed E-state index contributed by atoms with van der Waals surface area (Å²) < 4.78 is 52.6. The van der Waals surface area contributed by atoms with E-state index in [1.807, 2.05) is 0 Å². The van der Waals surface area contributed by atoms with Crippen LogP contribution in [0.15, 0.2) is 12.1 Å². The van der Waals surface area contributed by atoms with Crippen molar-refractivity contribution >= 4 is 11.6 Å². The highest BCUT2D eigenvalue weighted by Gasteiger charge is 2.57. The highest BCUT2D eigenvalue weighted by molar-refractivity contribution is 6.31. The van der Waals surface area contributed by atoms with Gasteiger partial charge in [0.15, 0.2) is 0 Å². The molecule has 6 heteroatoms. The molecule has 1 aromatic rings. The van der Waals surface area contributed by atoms with Crippen molar-refractivity contribution in [1.82, 2.24) is 0 Å². The number of halogens is 5. The summed E-state index contributed by atoms with van der Waals surface area (Å²) in [5.41, 5.74) is 4.28. The largest absolute Gasteiger partial charge is 0.330 e. The molecule has 0 heterocycles. The van der Waals surface area contributed by atoms with Gasteiger partial charge in [-0.15, -0.1) is 0 Å². The molecule has 1 saturated carbocycles. The monoisotopic (exact) mass is 267 g/mol. The van der Waals surface area contributed by atoms with E-state index in [1.54, 1.807) is 0 Å². The maximum absolute atomic E-state index is 13.7. The number of hydrogen-bond donors (Lipinski definition) is 1. The molecule has 0 radical (unpaired) electrons. The van der Waals surface area contributed by atoms with Crippen LogP contribution in [0.2, 0.25) is 5.02 Å². The summed E-state index contributed by atoms with van der Waals surface area (Å²) >= 11 is 5.42. The lowest BCUT2D eigenvalue weighted by Crippen LogP contribution is -2.54. The third-order valence-electron chi connectivity index (χ3n) is 3.19. The van der Waals surface area contributed by atoms with Gasteiger partial charge in [0.05, 0.1) is 0 Å². The van der Waals surface area contributed by atoms with Crippen LogP contribution in [0, 0.1) is 11.6 Å². The second-order valence-electron chi connectivity index (χ2n) is 4.42. The Labute approximate surface area is 101 Å². The van der Waals surface area contributed by atoms with Crippen LogP contribution in [0.25, 0.3) is 0 Å². The number of nitrogens with two attached hydrogens (primary N) is 1. The van der Waals surface area contributed by atoms with E-state index in [1.165, 1.54) is 0 Å². The Morgan fingerprint density at radius 3 is 2.29 bits per heavy atom. The minimum Gasteiger partial charge on any atom is -0.330 e. The Balaban J connectivity index is 2.44. The Kier molecular flexibility index (Phi) is 2.86. The van der Waals surface area contributed by atoms with E-state index in [9.17, 15) is 17.6 Å². The third-order valence-corrected chi connectivity index (χ3v) is 3.54. The van der Waals surface area contributed by atoms with Gasteiger partial charge >= 0.3 is 0 Å². The van der Waals surface area contributed by atoms with Gasteiger partial charge in [-0.1, -0.05) is 17.7 Å². The van der Waals surface area contributed by atoms with Crippen molar-refractivity contribution in [1.29, 1.82) is 0 Å². The van der Waals surface area contributed by atoms with Gasteiger partial charge in [-0.25, -0.2) is 17.6 Å². The first-order valence-corrected chi connectivity index (χ1v) is 5.41. The van der Waals surface area contributed by atoms with Gasteiger partial charge in [0.1, 0.15) is 16.7 Å². The molecule has 0 amide bonds. The maximum atomic E-state index is 13.7. The molecule has 0 saturated heterocycles. The van der Waals surface area contributed by atoms with Crippen LogP contribution in [0.5, 0.6) is 0 Å². The summed E-state index contributed by atoms with van der Waals surface area (Å²) in [6.07, 6.45) is -1.06. The van der Waals surface area contributed by atoms with Crippen molar-refractivity contribution in [3.63, 3.8) is 0 Å². The second-order valence-corrected chi connectivity index (χ2v) is 4.79. The zero-order valence-corrected chi connectivity index (χ0v) is 9.50. The number of benzene rings is 1. The summed E-state index contributed by atoms with van der Waals surface area (Å²) in [6, 6.07) is 2.10. The van der Waals surface area contributed by atoms with Crippen molar-refractivity contribution in [2.24, 2.45) is 5.73 Å². The smallest absolute Gasteiger partial charge is 0.250 e. The Morgan fingerprint density at radius 2 is 1.82 bits per heavy atom. The van der Waals surface area contributed by atoms with Crippen LogP contribution in [0.1, 0.15) is 18.4 Å². The molecule has 1 aliphatic rings. The molecule has 0 aliphatic heterocycles. The molecule has 1 aromatic carbocycles. The Bertz CT molecular complexity index is 453. The first-order valence-electron chi connectivity index (χ1n) is 5.03. The number of hydrogen-bond acceptors (Lipinski definition) is 1. The zero-order chi connectivity index (χ0) is 12.8. The Morgan fingerprint density at radius 1 is 1.24 bits per heavy atom. The first-order chi connectivity index (χ1) is 7.81. The van der Waals surface area contributed by atoms with Crippen LogP contribution >= 0.6 is 11.6 Å². The molecule has 1 nitrogen and oxygen atoms in total. The SMILES string of the molecule is NCC1(c2ccc(F)c(Cl)c2F)CC(F)(F)C1. The highest BCUT2D eigenvalue weighted by Crippen LogP contribution is 2.53. The van der Waals surface area contributed by atoms with Gasteiger partial charge in [-0.05, 0) is 11.6 Å². The molecule has 94 valence electrons. The number of rotatable bonds is 2. The minimum atomic E-state index is -2.84. The van der Waals surface area contributed by atoms with Gasteiger partial charge in [-0.2, -0.15) is 0 Å². The van der Waals surface area contributed by atoms with Crippen LogP contribution in [-0.4, -0.2) is 12.5 Å². The molecule has 2 N–H and O–H groups in total. The molecule has 0 spiro atoms. The van der Waals surface area contributed by atoms with Crippen molar-refractivity contribution in [3.8, 4) is 0 Å². The predicted molar refractivity (Wildman–Crippen MR) is 56.3 cm³/mol. The highest BCUT2D eigenvalue weighted by atomic mass is 35.5. The van der Waals surface area contributed by atoms with Crippen molar-refractivity contribution < 1.29 is 17.6 Å². The van der Waals surface area contributed by atoms with E-state index < -0.39 is 40.8 Å². The fourth-order valence-corrected chi connectivity index (χ4v) is 2.48. The van der Waals surface area contributed by atoms with Crippen molar-refractivity contribution in [2.75, 3.05) is 6.54 Å². The molecule has 0 aromatic heterocycles. The quantitative estimate of drug-likeness (QED) is 0.646. The Hall–Kier alpha value is -0.810. The average molecular weight is 268 g/mol. The van der Waals surface area contributed by atoms with E-state index in [-0.39, 0.29) is 12.1 Å². The molecule has 2 rings (SSSR count). The zero-order valence-electron chi connectivity index (χ0n) is 8.74. The van der Waals surface area contributed by atoms with Crippen LogP contribution < -0.4 is 5.73 Å².